The van der Waals surface area contributed by atoms with Crippen LogP contribution in [0.3, 0.4) is 0 Å². The second-order valence-electron chi connectivity index (χ2n) is 8.53. The third kappa shape index (κ3) is 7.57. The Morgan fingerprint density at radius 3 is 1.80 bits per heavy atom. The molecule has 0 bridgehead atoms. The van der Waals surface area contributed by atoms with Gasteiger partial charge in [0.2, 0.25) is 0 Å². The lowest BCUT2D eigenvalue weighted by atomic mass is 9.97. The van der Waals surface area contributed by atoms with Crippen LogP contribution < -0.4 is 5.56 Å². The minimum Gasteiger partial charge on any atom is -0.463 e. The monoisotopic (exact) mass is 484 g/mol. The first kappa shape index (κ1) is 27.9. The number of carbonyl (C=O) groups is 1. The van der Waals surface area contributed by atoms with Crippen LogP contribution in [0.2, 0.25) is 0 Å². The molecule has 0 aliphatic carbocycles. The van der Waals surface area contributed by atoms with Gasteiger partial charge in [0.15, 0.2) is 0 Å². The second-order valence-corrected chi connectivity index (χ2v) is 8.53. The average Bonchev–Trinajstić information content (AvgIpc) is 2.78. The van der Waals surface area contributed by atoms with Crippen LogP contribution in [0.15, 0.2) is 53.3 Å². The number of aryl methyl sites for hydroxylation is 2. The molecule has 7 heteroatoms. The van der Waals surface area contributed by atoms with Crippen LogP contribution in [0, 0.1) is 18.6 Å². The van der Waals surface area contributed by atoms with Crippen molar-refractivity contribution in [1.82, 2.24) is 9.55 Å². The Bertz CT molecular complexity index is 1130. The summed E-state index contributed by atoms with van der Waals surface area (Å²) in [4.78, 5) is 28.2. The lowest BCUT2D eigenvalue weighted by Gasteiger charge is -2.24. The first-order chi connectivity index (χ1) is 16.6. The first-order valence-electron chi connectivity index (χ1n) is 11.9. The zero-order valence-corrected chi connectivity index (χ0v) is 21.3. The molecule has 0 aliphatic heterocycles. The largest absolute Gasteiger partial charge is 0.463 e. The molecule has 0 fully saturated rings. The van der Waals surface area contributed by atoms with E-state index in [1.807, 2.05) is 20.8 Å². The zero-order valence-electron chi connectivity index (χ0n) is 21.3. The van der Waals surface area contributed by atoms with Crippen molar-refractivity contribution in [1.29, 1.82) is 0 Å². The number of benzene rings is 2. The molecule has 0 saturated heterocycles. The van der Waals surface area contributed by atoms with E-state index in [4.69, 9.17) is 4.98 Å². The topological polar surface area (TPSA) is 61.2 Å². The van der Waals surface area contributed by atoms with Crippen molar-refractivity contribution < 1.29 is 18.3 Å². The molecule has 0 aliphatic rings. The van der Waals surface area contributed by atoms with Crippen molar-refractivity contribution in [3.63, 3.8) is 0 Å². The molecule has 0 unspecified atom stereocenters. The van der Waals surface area contributed by atoms with E-state index in [0.717, 1.165) is 29.7 Å². The molecule has 0 atom stereocenters. The number of nitrogens with zero attached hydrogens (tertiary/aromatic N) is 2. The number of hydrogen-bond acceptors (Lipinski definition) is 4. The van der Waals surface area contributed by atoms with Gasteiger partial charge in [-0.2, -0.15) is 0 Å². The molecule has 2 aromatic carbocycles. The Morgan fingerprint density at radius 2 is 1.46 bits per heavy atom. The molecular formula is C28H34F2N2O3. The zero-order chi connectivity index (χ0) is 26.1. The summed E-state index contributed by atoms with van der Waals surface area (Å²) in [7, 11) is 0. The molecule has 0 amide bonds. The minimum absolute atomic E-state index is 0.0255. The summed E-state index contributed by atoms with van der Waals surface area (Å²) in [6, 6.07) is 11.6. The van der Waals surface area contributed by atoms with Gasteiger partial charge in [0, 0.05) is 12.5 Å². The summed E-state index contributed by atoms with van der Waals surface area (Å²) in [5, 5.41) is 0. The van der Waals surface area contributed by atoms with E-state index in [-0.39, 0.29) is 29.3 Å². The summed E-state index contributed by atoms with van der Waals surface area (Å²) in [5.74, 6) is -0.327. The van der Waals surface area contributed by atoms with Gasteiger partial charge in [-0.1, -0.05) is 44.5 Å². The van der Waals surface area contributed by atoms with E-state index in [1.54, 1.807) is 35.8 Å². The van der Waals surface area contributed by atoms with Gasteiger partial charge in [-0.15, -0.1) is 0 Å². The van der Waals surface area contributed by atoms with Gasteiger partial charge in [-0.3, -0.25) is 14.2 Å². The van der Waals surface area contributed by atoms with Gasteiger partial charge in [-0.05, 0) is 69.0 Å². The van der Waals surface area contributed by atoms with Crippen LogP contribution in [-0.2, 0) is 22.4 Å². The fourth-order valence-electron chi connectivity index (χ4n) is 3.95. The Morgan fingerprint density at radius 1 is 0.971 bits per heavy atom. The van der Waals surface area contributed by atoms with Gasteiger partial charge >= 0.3 is 5.97 Å². The van der Waals surface area contributed by atoms with Crippen molar-refractivity contribution in [3.05, 3.63) is 98.7 Å². The molecular weight excluding hydrogens is 450 g/mol. The van der Waals surface area contributed by atoms with Crippen LogP contribution in [-0.4, -0.2) is 21.6 Å². The number of rotatable bonds is 7. The average molecular weight is 485 g/mol. The molecule has 35 heavy (non-hydrogen) atoms. The fourth-order valence-corrected chi connectivity index (χ4v) is 3.95. The standard InChI is InChI=1S/C23H24F2N2O.C5H10O2/c1-4-6-21-20(5-2)23(28)27(15(3)26-21)22(16-7-11-18(24)12-8-16)17-9-13-19(25)14-10-17;1-4(2)7-5(3)6/h7-14,22H,4-6H2,1-3H3;4H,1-3H3. The van der Waals surface area contributed by atoms with Crippen molar-refractivity contribution in [3.8, 4) is 0 Å². The van der Waals surface area contributed by atoms with Crippen molar-refractivity contribution in [2.75, 3.05) is 0 Å². The van der Waals surface area contributed by atoms with E-state index in [9.17, 15) is 18.4 Å². The van der Waals surface area contributed by atoms with E-state index >= 15 is 0 Å². The van der Waals surface area contributed by atoms with Crippen LogP contribution in [0.4, 0.5) is 8.78 Å². The maximum atomic E-state index is 13.5. The highest BCUT2D eigenvalue weighted by atomic mass is 19.1. The molecule has 1 aromatic heterocycles. The van der Waals surface area contributed by atoms with Crippen LogP contribution in [0.1, 0.15) is 75.3 Å². The number of ether oxygens (including phenoxy) is 1. The smallest absolute Gasteiger partial charge is 0.302 e. The van der Waals surface area contributed by atoms with Crippen LogP contribution in [0.5, 0.6) is 0 Å². The van der Waals surface area contributed by atoms with Gasteiger partial charge < -0.3 is 4.74 Å². The normalized spacial score (nSPS) is 10.8. The van der Waals surface area contributed by atoms with E-state index < -0.39 is 6.04 Å². The maximum absolute atomic E-state index is 13.5. The predicted octanol–water partition coefficient (Wildman–Crippen LogP) is 5.94. The molecule has 0 radical (unpaired) electrons. The number of aromatic nitrogens is 2. The van der Waals surface area contributed by atoms with Gasteiger partial charge in [0.1, 0.15) is 17.5 Å². The third-order valence-electron chi connectivity index (χ3n) is 5.34. The summed E-state index contributed by atoms with van der Waals surface area (Å²) < 4.78 is 33.2. The van der Waals surface area contributed by atoms with Gasteiger partial charge in [0.25, 0.3) is 5.56 Å². The second kappa shape index (κ2) is 12.9. The summed E-state index contributed by atoms with van der Waals surface area (Å²) >= 11 is 0. The Kier molecular flexibility index (Phi) is 10.3. The SMILES string of the molecule is CC(=O)OC(C)C.CCCc1nc(C)n(C(c2ccc(F)cc2)c2ccc(F)cc2)c(=O)c1CC. The molecule has 1 heterocycles. The highest BCUT2D eigenvalue weighted by molar-refractivity contribution is 5.66. The fraction of sp³-hybridized carbons (Fsp3) is 0.393. The molecule has 0 spiro atoms. The van der Waals surface area contributed by atoms with Crippen LogP contribution >= 0.6 is 0 Å². The van der Waals surface area contributed by atoms with E-state index in [2.05, 4.69) is 11.7 Å². The van der Waals surface area contributed by atoms with Crippen LogP contribution in [0.25, 0.3) is 0 Å². The number of hydrogen-bond donors (Lipinski definition) is 0. The number of esters is 1. The van der Waals surface area contributed by atoms with Crippen molar-refractivity contribution >= 4 is 5.97 Å². The lowest BCUT2D eigenvalue weighted by molar-refractivity contribution is -0.144. The highest BCUT2D eigenvalue weighted by Crippen LogP contribution is 2.27. The quantitative estimate of drug-likeness (QED) is 0.390. The third-order valence-corrected chi connectivity index (χ3v) is 5.34. The molecule has 0 N–H and O–H groups in total. The highest BCUT2D eigenvalue weighted by Gasteiger charge is 2.23. The van der Waals surface area contributed by atoms with E-state index in [1.165, 1.54) is 31.2 Å². The number of halogens is 2. The molecule has 5 nitrogen and oxygen atoms in total. The summed E-state index contributed by atoms with van der Waals surface area (Å²) in [5.41, 5.74) is 2.91. The molecule has 3 aromatic rings. The minimum atomic E-state index is -0.512. The Hall–Kier alpha value is -3.35. The van der Waals surface area contributed by atoms with Gasteiger partial charge in [0.05, 0.1) is 17.8 Å². The predicted molar refractivity (Wildman–Crippen MR) is 134 cm³/mol. The Balaban J connectivity index is 0.000000540. The summed E-state index contributed by atoms with van der Waals surface area (Å²) in [6.45, 7) is 10.9. The Labute approximate surface area is 205 Å². The van der Waals surface area contributed by atoms with Gasteiger partial charge in [-0.25, -0.2) is 13.8 Å². The molecule has 0 saturated carbocycles. The molecule has 3 rings (SSSR count). The number of carbonyl (C=O) groups excluding carboxylic acids is 1. The lowest BCUT2D eigenvalue weighted by Crippen LogP contribution is -2.33. The van der Waals surface area contributed by atoms with E-state index in [0.29, 0.717) is 17.8 Å². The summed E-state index contributed by atoms with van der Waals surface area (Å²) in [6.07, 6.45) is 2.26. The first-order valence-corrected chi connectivity index (χ1v) is 11.9. The van der Waals surface area contributed by atoms with Crippen molar-refractivity contribution in [2.45, 2.75) is 73.0 Å². The molecule has 188 valence electrons. The maximum Gasteiger partial charge on any atom is 0.302 e. The van der Waals surface area contributed by atoms with Crippen molar-refractivity contribution in [2.24, 2.45) is 0 Å².